The van der Waals surface area contributed by atoms with Gasteiger partial charge in [0.25, 0.3) is 5.91 Å². The number of rotatable bonds is 4. The molecule has 2 rings (SSSR count). The first-order valence-corrected chi connectivity index (χ1v) is 6.86. The number of esters is 1. The summed E-state index contributed by atoms with van der Waals surface area (Å²) >= 11 is 5.73. The number of halogens is 2. The van der Waals surface area contributed by atoms with Crippen LogP contribution in [0.5, 0.6) is 0 Å². The Labute approximate surface area is 131 Å². The van der Waals surface area contributed by atoms with Crippen LogP contribution < -0.4 is 5.32 Å². The van der Waals surface area contributed by atoms with Crippen molar-refractivity contribution in [3.63, 3.8) is 0 Å². The van der Waals surface area contributed by atoms with Crippen LogP contribution in [-0.2, 0) is 9.53 Å². The largest absolute Gasteiger partial charge is 0.449 e. The molecule has 1 atom stereocenters. The zero-order valence-electron chi connectivity index (χ0n) is 11.7. The Morgan fingerprint density at radius 1 is 1.09 bits per heavy atom. The van der Waals surface area contributed by atoms with Gasteiger partial charge in [-0.3, -0.25) is 4.79 Å². The highest BCUT2D eigenvalue weighted by atomic mass is 35.5. The molecule has 0 aromatic heterocycles. The van der Waals surface area contributed by atoms with Gasteiger partial charge in [-0.15, -0.1) is 0 Å². The lowest BCUT2D eigenvalue weighted by Gasteiger charge is -2.13. The molecule has 2 aromatic carbocycles. The van der Waals surface area contributed by atoms with Crippen LogP contribution in [0.15, 0.2) is 48.5 Å². The van der Waals surface area contributed by atoms with E-state index < -0.39 is 23.8 Å². The summed E-state index contributed by atoms with van der Waals surface area (Å²) in [6, 6.07) is 11.4. The maximum atomic E-state index is 12.8. The highest BCUT2D eigenvalue weighted by Crippen LogP contribution is 2.12. The molecule has 1 N–H and O–H groups in total. The minimum Gasteiger partial charge on any atom is -0.449 e. The first kappa shape index (κ1) is 16.0. The molecule has 0 unspecified atom stereocenters. The van der Waals surface area contributed by atoms with Crippen LogP contribution in [0.4, 0.5) is 10.1 Å². The van der Waals surface area contributed by atoms with E-state index in [9.17, 15) is 14.0 Å². The molecule has 0 radical (unpaired) electrons. The number of nitrogens with one attached hydrogen (secondary N) is 1. The summed E-state index contributed by atoms with van der Waals surface area (Å²) in [5.41, 5.74) is 0.714. The molecule has 0 spiro atoms. The van der Waals surface area contributed by atoms with Crippen LogP contribution in [0.1, 0.15) is 17.3 Å². The van der Waals surface area contributed by atoms with Crippen LogP contribution in [0.25, 0.3) is 0 Å². The van der Waals surface area contributed by atoms with Gasteiger partial charge in [0.1, 0.15) is 5.82 Å². The predicted molar refractivity (Wildman–Crippen MR) is 81.4 cm³/mol. The van der Waals surface area contributed by atoms with E-state index in [4.69, 9.17) is 16.3 Å². The van der Waals surface area contributed by atoms with Gasteiger partial charge in [0.2, 0.25) is 0 Å². The molecule has 4 nitrogen and oxygen atoms in total. The van der Waals surface area contributed by atoms with Gasteiger partial charge in [-0.05, 0) is 55.5 Å². The Morgan fingerprint density at radius 2 is 1.68 bits per heavy atom. The Balaban J connectivity index is 1.94. The fourth-order valence-corrected chi connectivity index (χ4v) is 1.77. The maximum absolute atomic E-state index is 12.8. The molecule has 0 aliphatic heterocycles. The third-order valence-electron chi connectivity index (χ3n) is 2.84. The monoisotopic (exact) mass is 321 g/mol. The molecule has 0 aliphatic rings. The van der Waals surface area contributed by atoms with Crippen molar-refractivity contribution in [3.05, 3.63) is 64.9 Å². The lowest BCUT2D eigenvalue weighted by atomic mass is 10.2. The molecule has 22 heavy (non-hydrogen) atoms. The van der Waals surface area contributed by atoms with Gasteiger partial charge in [-0.25, -0.2) is 9.18 Å². The molecule has 2 aromatic rings. The van der Waals surface area contributed by atoms with Crippen molar-refractivity contribution in [1.82, 2.24) is 0 Å². The summed E-state index contributed by atoms with van der Waals surface area (Å²) < 4.78 is 17.8. The second kappa shape index (κ2) is 7.04. The van der Waals surface area contributed by atoms with Crippen molar-refractivity contribution in [2.45, 2.75) is 13.0 Å². The van der Waals surface area contributed by atoms with Crippen LogP contribution in [0, 0.1) is 5.82 Å². The fraction of sp³-hybridized carbons (Fsp3) is 0.125. The van der Waals surface area contributed by atoms with Crippen molar-refractivity contribution in [3.8, 4) is 0 Å². The third kappa shape index (κ3) is 4.30. The summed E-state index contributed by atoms with van der Waals surface area (Å²) in [6.07, 6.45) is -0.992. The molecular weight excluding hydrogens is 309 g/mol. The summed E-state index contributed by atoms with van der Waals surface area (Å²) in [5.74, 6) is -1.53. The molecule has 0 heterocycles. The predicted octanol–water partition coefficient (Wildman–Crippen LogP) is 3.66. The van der Waals surface area contributed by atoms with Crippen molar-refractivity contribution < 1.29 is 18.7 Å². The smallest absolute Gasteiger partial charge is 0.338 e. The number of carbonyl (C=O) groups is 2. The van der Waals surface area contributed by atoms with Crippen molar-refractivity contribution >= 4 is 29.2 Å². The third-order valence-corrected chi connectivity index (χ3v) is 3.10. The van der Waals surface area contributed by atoms with E-state index >= 15 is 0 Å². The summed E-state index contributed by atoms with van der Waals surface area (Å²) in [5, 5.41) is 3.03. The average Bonchev–Trinajstić information content (AvgIpc) is 2.50. The van der Waals surface area contributed by atoms with Crippen molar-refractivity contribution in [2.75, 3.05) is 5.32 Å². The quantitative estimate of drug-likeness (QED) is 0.874. The molecule has 0 saturated carbocycles. The molecule has 0 bridgehead atoms. The van der Waals surface area contributed by atoms with Gasteiger partial charge < -0.3 is 10.1 Å². The zero-order valence-corrected chi connectivity index (χ0v) is 12.4. The van der Waals surface area contributed by atoms with Crippen LogP contribution in [-0.4, -0.2) is 18.0 Å². The number of carbonyl (C=O) groups excluding carboxylic acids is 2. The second-order valence-corrected chi connectivity index (χ2v) is 4.99. The minimum atomic E-state index is -0.992. The second-order valence-electron chi connectivity index (χ2n) is 4.55. The number of hydrogen-bond acceptors (Lipinski definition) is 3. The molecule has 1 amide bonds. The van der Waals surface area contributed by atoms with E-state index in [1.54, 1.807) is 12.1 Å². The molecular formula is C16H13ClFNO3. The molecule has 0 aliphatic carbocycles. The van der Waals surface area contributed by atoms with Crippen LogP contribution in [0.3, 0.4) is 0 Å². The topological polar surface area (TPSA) is 55.4 Å². The number of ether oxygens (including phenoxy) is 1. The molecule has 6 heteroatoms. The summed E-state index contributed by atoms with van der Waals surface area (Å²) in [6.45, 7) is 1.45. The lowest BCUT2D eigenvalue weighted by Crippen LogP contribution is -2.30. The van der Waals surface area contributed by atoms with Crippen molar-refractivity contribution in [1.29, 1.82) is 0 Å². The van der Waals surface area contributed by atoms with Gasteiger partial charge in [-0.1, -0.05) is 11.6 Å². The highest BCUT2D eigenvalue weighted by Gasteiger charge is 2.19. The normalized spacial score (nSPS) is 11.6. The number of hydrogen-bond donors (Lipinski definition) is 1. The Kier molecular flexibility index (Phi) is 5.12. The molecule has 0 saturated heterocycles. The maximum Gasteiger partial charge on any atom is 0.338 e. The average molecular weight is 322 g/mol. The molecule has 114 valence electrons. The van der Waals surface area contributed by atoms with E-state index in [2.05, 4.69) is 5.32 Å². The van der Waals surface area contributed by atoms with E-state index in [-0.39, 0.29) is 0 Å². The van der Waals surface area contributed by atoms with Gasteiger partial charge >= 0.3 is 5.97 Å². The van der Waals surface area contributed by atoms with Gasteiger partial charge in [-0.2, -0.15) is 0 Å². The first-order valence-electron chi connectivity index (χ1n) is 6.48. The number of anilines is 1. The van der Waals surface area contributed by atoms with E-state index in [0.717, 1.165) is 0 Å². The number of benzene rings is 2. The highest BCUT2D eigenvalue weighted by molar-refractivity contribution is 6.30. The van der Waals surface area contributed by atoms with E-state index in [1.165, 1.54) is 43.3 Å². The Hall–Kier alpha value is -2.40. The SMILES string of the molecule is C[C@@H](OC(=O)c1ccc(Cl)cc1)C(=O)Nc1ccc(F)cc1. The summed E-state index contributed by atoms with van der Waals surface area (Å²) in [4.78, 5) is 23.8. The lowest BCUT2D eigenvalue weighted by molar-refractivity contribution is -0.123. The van der Waals surface area contributed by atoms with Crippen molar-refractivity contribution in [2.24, 2.45) is 0 Å². The Morgan fingerprint density at radius 3 is 2.27 bits per heavy atom. The molecule has 0 fully saturated rings. The minimum absolute atomic E-state index is 0.297. The fourth-order valence-electron chi connectivity index (χ4n) is 1.65. The van der Waals surface area contributed by atoms with Gasteiger partial charge in [0, 0.05) is 10.7 Å². The Bertz CT molecular complexity index is 671. The standard InChI is InChI=1S/C16H13ClFNO3/c1-10(15(20)19-14-8-6-13(18)7-9-14)22-16(21)11-2-4-12(17)5-3-11/h2-10H,1H3,(H,19,20)/t10-/m1/s1. The first-order chi connectivity index (χ1) is 10.5. The van der Waals surface area contributed by atoms with E-state index in [1.807, 2.05) is 0 Å². The van der Waals surface area contributed by atoms with Crippen LogP contribution >= 0.6 is 11.6 Å². The summed E-state index contributed by atoms with van der Waals surface area (Å²) in [7, 11) is 0. The van der Waals surface area contributed by atoms with Crippen LogP contribution in [0.2, 0.25) is 5.02 Å². The van der Waals surface area contributed by atoms with Gasteiger partial charge in [0.15, 0.2) is 6.10 Å². The number of amides is 1. The zero-order chi connectivity index (χ0) is 16.1. The van der Waals surface area contributed by atoms with E-state index in [0.29, 0.717) is 16.3 Å². The van der Waals surface area contributed by atoms with Gasteiger partial charge in [0.05, 0.1) is 5.56 Å².